The monoisotopic (exact) mass is 429 g/mol. The minimum absolute atomic E-state index is 0.110. The van der Waals surface area contributed by atoms with E-state index in [1.165, 1.54) is 0 Å². The molecule has 3 aromatic rings. The van der Waals surface area contributed by atoms with E-state index in [1.54, 1.807) is 4.57 Å². The first kappa shape index (κ1) is 22.2. The number of aromatic nitrogens is 1. The number of thiazole rings is 1. The second-order valence-corrected chi connectivity index (χ2v) is 8.50. The predicted octanol–water partition coefficient (Wildman–Crippen LogP) is 4.05. The number of fused-ring (bicyclic) bond motifs is 1. The molecule has 0 unspecified atom stereocenters. The third-order valence-electron chi connectivity index (χ3n) is 5.25. The van der Waals surface area contributed by atoms with Gasteiger partial charge in [0.25, 0.3) is 0 Å². The molecule has 0 fully saturated rings. The number of aromatic hydroxyl groups is 1. The Hall–Kier alpha value is -2.51. The Morgan fingerprint density at radius 2 is 1.90 bits per heavy atom. The molecule has 0 aliphatic heterocycles. The van der Waals surface area contributed by atoms with Crippen molar-refractivity contribution in [2.75, 3.05) is 18.9 Å². The molecule has 0 aliphatic carbocycles. The fourth-order valence-corrected chi connectivity index (χ4v) is 4.57. The van der Waals surface area contributed by atoms with Crippen LogP contribution in [0.1, 0.15) is 43.7 Å². The summed E-state index contributed by atoms with van der Waals surface area (Å²) in [6.07, 6.45) is 5.82. The average Bonchev–Trinajstić information content (AvgIpc) is 3.04. The Kier molecular flexibility index (Phi) is 7.76. The van der Waals surface area contributed by atoms with Gasteiger partial charge < -0.3 is 21.3 Å². The molecular weight excluding hydrogens is 398 g/mol. The number of hydrogen-bond donors (Lipinski definition) is 3. The van der Waals surface area contributed by atoms with Crippen molar-refractivity contribution in [3.05, 3.63) is 51.1 Å². The normalized spacial score (nSPS) is 11.3. The van der Waals surface area contributed by atoms with Gasteiger partial charge in [-0.3, -0.25) is 9.36 Å². The maximum atomic E-state index is 12.4. The van der Waals surface area contributed by atoms with Gasteiger partial charge in [0.2, 0.25) is 0 Å². The second kappa shape index (κ2) is 10.5. The summed E-state index contributed by atoms with van der Waals surface area (Å²) in [7, 11) is 0. The Balaban J connectivity index is 1.87. The second-order valence-electron chi connectivity index (χ2n) is 7.51. The van der Waals surface area contributed by atoms with E-state index in [-0.39, 0.29) is 10.6 Å². The molecule has 0 atom stereocenters. The van der Waals surface area contributed by atoms with Crippen molar-refractivity contribution in [3.63, 3.8) is 0 Å². The minimum Gasteiger partial charge on any atom is -0.505 e. The smallest absolute Gasteiger partial charge is 0.308 e. The van der Waals surface area contributed by atoms with E-state index >= 15 is 0 Å². The quantitative estimate of drug-likeness (QED) is 0.315. The average molecular weight is 430 g/mol. The zero-order valence-corrected chi connectivity index (χ0v) is 18.3. The van der Waals surface area contributed by atoms with Gasteiger partial charge in [0.1, 0.15) is 17.0 Å². The number of nitrogens with zero attached hydrogens (tertiary/aromatic N) is 1. The van der Waals surface area contributed by atoms with Crippen molar-refractivity contribution < 1.29 is 9.84 Å². The van der Waals surface area contributed by atoms with Gasteiger partial charge >= 0.3 is 4.87 Å². The topological polar surface area (TPSA) is 104 Å². The fraction of sp³-hybridized carbons (Fsp3) is 0.435. The van der Waals surface area contributed by atoms with E-state index in [9.17, 15) is 9.90 Å². The van der Waals surface area contributed by atoms with Crippen molar-refractivity contribution in [2.45, 2.75) is 52.0 Å². The highest BCUT2D eigenvalue weighted by molar-refractivity contribution is 7.16. The molecule has 1 aromatic heterocycles. The summed E-state index contributed by atoms with van der Waals surface area (Å²) < 4.78 is 8.41. The van der Waals surface area contributed by atoms with Crippen LogP contribution in [0.15, 0.2) is 35.1 Å². The number of unbranched alkanes of at least 4 members (excludes halogenated alkanes) is 3. The summed E-state index contributed by atoms with van der Waals surface area (Å²) in [6.45, 7) is 3.39. The number of phenols is 1. The van der Waals surface area contributed by atoms with E-state index in [0.29, 0.717) is 37.4 Å². The summed E-state index contributed by atoms with van der Waals surface area (Å²) in [5, 5.41) is 11.1. The van der Waals surface area contributed by atoms with E-state index in [0.717, 1.165) is 65.0 Å². The van der Waals surface area contributed by atoms with Crippen LogP contribution in [0.3, 0.4) is 0 Å². The highest BCUT2D eigenvalue weighted by Crippen LogP contribution is 2.38. The number of anilines is 1. The summed E-state index contributed by atoms with van der Waals surface area (Å²) in [5.74, 6) is 0.811. The zero-order chi connectivity index (χ0) is 21.5. The Labute approximate surface area is 181 Å². The van der Waals surface area contributed by atoms with E-state index < -0.39 is 0 Å². The molecule has 162 valence electrons. The van der Waals surface area contributed by atoms with Crippen molar-refractivity contribution in [3.8, 4) is 11.5 Å². The van der Waals surface area contributed by atoms with Crippen molar-refractivity contribution in [1.82, 2.24) is 4.57 Å². The van der Waals surface area contributed by atoms with E-state index in [1.807, 2.05) is 30.3 Å². The van der Waals surface area contributed by atoms with Gasteiger partial charge in [0.15, 0.2) is 0 Å². The van der Waals surface area contributed by atoms with Gasteiger partial charge in [-0.1, -0.05) is 49.7 Å². The fourth-order valence-electron chi connectivity index (χ4n) is 3.62. The van der Waals surface area contributed by atoms with Crippen molar-refractivity contribution in [1.29, 1.82) is 0 Å². The molecule has 0 aliphatic rings. The molecule has 0 saturated carbocycles. The Morgan fingerprint density at radius 3 is 2.60 bits per heavy atom. The molecule has 5 N–H and O–H groups in total. The minimum atomic E-state index is -0.110. The standard InChI is InChI=1S/C23H31N3O3S/c1-2-3-4-5-6-18-19(29-14-11-16-7-9-17(25)10-8-16)15-20-21(22(18)27)26(13-12-24)23(28)30-20/h7-10,15,27H,2-6,11-14,24-25H2,1H3. The molecule has 0 saturated heterocycles. The van der Waals surface area contributed by atoms with Gasteiger partial charge in [0, 0.05) is 36.8 Å². The number of phenolic OH excluding ortho intramolecular Hbond substituents is 1. The molecule has 30 heavy (non-hydrogen) atoms. The molecule has 0 radical (unpaired) electrons. The third-order valence-corrected chi connectivity index (χ3v) is 6.18. The lowest BCUT2D eigenvalue weighted by Gasteiger charge is -2.15. The highest BCUT2D eigenvalue weighted by atomic mass is 32.1. The highest BCUT2D eigenvalue weighted by Gasteiger charge is 2.19. The molecular formula is C23H31N3O3S. The van der Waals surface area contributed by atoms with Crippen molar-refractivity contribution in [2.24, 2.45) is 5.73 Å². The number of benzene rings is 2. The lowest BCUT2D eigenvalue weighted by molar-refractivity contribution is 0.316. The largest absolute Gasteiger partial charge is 0.505 e. The van der Waals surface area contributed by atoms with E-state index in [4.69, 9.17) is 16.2 Å². The first-order chi connectivity index (χ1) is 14.5. The van der Waals surface area contributed by atoms with Gasteiger partial charge in [-0.15, -0.1) is 0 Å². The van der Waals surface area contributed by atoms with Crippen LogP contribution in [0.4, 0.5) is 5.69 Å². The Bertz CT molecular complexity index is 1020. The van der Waals surface area contributed by atoms with Crippen LogP contribution in [-0.2, 0) is 19.4 Å². The van der Waals surface area contributed by atoms with Crippen LogP contribution in [0.2, 0.25) is 0 Å². The molecule has 6 nitrogen and oxygen atoms in total. The SMILES string of the molecule is CCCCCCc1c(OCCc2ccc(N)cc2)cc2sc(=O)n(CCN)c2c1O. The summed E-state index contributed by atoms with van der Waals surface area (Å²) >= 11 is 1.12. The number of hydrogen-bond acceptors (Lipinski definition) is 6. The molecule has 0 bridgehead atoms. The van der Waals surface area contributed by atoms with Crippen molar-refractivity contribution >= 4 is 27.2 Å². The molecule has 1 heterocycles. The van der Waals surface area contributed by atoms with Gasteiger partial charge in [-0.05, 0) is 30.5 Å². The van der Waals surface area contributed by atoms with Gasteiger partial charge in [0.05, 0.1) is 11.3 Å². The molecule has 3 rings (SSSR count). The Morgan fingerprint density at radius 1 is 1.13 bits per heavy atom. The maximum Gasteiger partial charge on any atom is 0.308 e. The van der Waals surface area contributed by atoms with Crippen LogP contribution < -0.4 is 21.1 Å². The third kappa shape index (κ3) is 5.15. The summed E-state index contributed by atoms with van der Waals surface area (Å²) in [5.41, 5.74) is 14.6. The predicted molar refractivity (Wildman–Crippen MR) is 125 cm³/mol. The zero-order valence-electron chi connectivity index (χ0n) is 17.5. The van der Waals surface area contributed by atoms with Crippen LogP contribution in [0.5, 0.6) is 11.5 Å². The molecule has 7 heteroatoms. The maximum absolute atomic E-state index is 12.4. The lowest BCUT2D eigenvalue weighted by atomic mass is 10.0. The summed E-state index contributed by atoms with van der Waals surface area (Å²) in [4.78, 5) is 12.3. The van der Waals surface area contributed by atoms with Gasteiger partial charge in [-0.25, -0.2) is 0 Å². The number of ether oxygens (including phenoxy) is 1. The van der Waals surface area contributed by atoms with E-state index in [2.05, 4.69) is 6.92 Å². The number of nitrogen functional groups attached to an aromatic ring is 1. The number of rotatable bonds is 11. The van der Waals surface area contributed by atoms with Crippen LogP contribution >= 0.6 is 11.3 Å². The lowest BCUT2D eigenvalue weighted by Crippen LogP contribution is -2.18. The van der Waals surface area contributed by atoms with Crippen LogP contribution in [0.25, 0.3) is 10.2 Å². The first-order valence-electron chi connectivity index (χ1n) is 10.6. The first-order valence-corrected chi connectivity index (χ1v) is 11.4. The van der Waals surface area contributed by atoms with Crippen LogP contribution in [-0.4, -0.2) is 22.8 Å². The summed E-state index contributed by atoms with van der Waals surface area (Å²) in [6, 6.07) is 9.63. The van der Waals surface area contributed by atoms with Gasteiger partial charge in [-0.2, -0.15) is 0 Å². The number of nitrogens with two attached hydrogens (primary N) is 2. The molecule has 0 spiro atoms. The molecule has 2 aromatic carbocycles. The van der Waals surface area contributed by atoms with Crippen LogP contribution in [0, 0.1) is 0 Å². The molecule has 0 amide bonds.